The second kappa shape index (κ2) is 18.7. The summed E-state index contributed by atoms with van der Waals surface area (Å²) >= 11 is 0. The lowest BCUT2D eigenvalue weighted by Crippen LogP contribution is -2.70. The van der Waals surface area contributed by atoms with Crippen LogP contribution in [0.3, 0.4) is 0 Å². The fraction of sp³-hybridized carbons (Fsp3) is 0.976. The van der Waals surface area contributed by atoms with Crippen molar-refractivity contribution < 1.29 is 58.7 Å². The van der Waals surface area contributed by atoms with E-state index in [4.69, 9.17) is 28.4 Å². The number of carbonyl (C=O) groups excluding carboxylic acids is 1. The lowest BCUT2D eigenvalue weighted by molar-refractivity contribution is -0.336. The molecule has 1 unspecified atom stereocenters. The van der Waals surface area contributed by atoms with Gasteiger partial charge in [-0.1, -0.05) is 20.8 Å². The van der Waals surface area contributed by atoms with Crippen molar-refractivity contribution in [2.45, 2.75) is 204 Å². The fourth-order valence-electron chi connectivity index (χ4n) is 9.34. The Balaban J connectivity index is 1.78. The van der Waals surface area contributed by atoms with Crippen LogP contribution < -0.4 is 10.6 Å². The predicted octanol–water partition coefficient (Wildman–Crippen LogP) is 1.68. The highest BCUT2D eigenvalue weighted by atomic mass is 16.7. The molecule has 3 aliphatic heterocycles. The van der Waals surface area contributed by atoms with Crippen molar-refractivity contribution in [1.82, 2.24) is 15.5 Å². The smallest absolute Gasteiger partial charge is 0.311 e. The summed E-state index contributed by atoms with van der Waals surface area (Å²) in [4.78, 5) is 16.3. The molecule has 3 heterocycles. The quantitative estimate of drug-likeness (QED) is 0.157. The van der Waals surface area contributed by atoms with E-state index < -0.39 is 95.5 Å². The van der Waals surface area contributed by atoms with Gasteiger partial charge in [-0.3, -0.25) is 4.79 Å². The van der Waals surface area contributed by atoms with Crippen LogP contribution in [0.25, 0.3) is 0 Å². The molecule has 0 spiro atoms. The molecule has 0 aromatic heterocycles. The first kappa shape index (κ1) is 47.6. The molecule has 7 N–H and O–H groups in total. The zero-order valence-corrected chi connectivity index (χ0v) is 36.4. The lowest BCUT2D eigenvalue weighted by Gasteiger charge is -2.53. The first-order valence-electron chi connectivity index (χ1n) is 21.0. The Kier molecular flexibility index (Phi) is 15.9. The van der Waals surface area contributed by atoms with Crippen LogP contribution in [-0.2, 0) is 33.2 Å². The summed E-state index contributed by atoms with van der Waals surface area (Å²) in [5.41, 5.74) is -5.91. The number of esters is 1. The van der Waals surface area contributed by atoms with Crippen LogP contribution in [0.5, 0.6) is 0 Å². The summed E-state index contributed by atoms with van der Waals surface area (Å²) in [6, 6.07) is -0.534. The van der Waals surface area contributed by atoms with E-state index in [-0.39, 0.29) is 43.9 Å². The van der Waals surface area contributed by atoms with Crippen molar-refractivity contribution in [2.24, 2.45) is 17.8 Å². The highest BCUT2D eigenvalue weighted by molar-refractivity contribution is 5.73. The standard InChI is InChI=1S/C41H77N3O12/c1-14-30-40(10,49)34(46)26(6)42-20-22(2)18-38(8,48)35(56-37-32(45)29(44(11)12)17-23(3)52-37)24(4)33(25(5)36(47)54-30)55-31-19-39(9,51-13)41(50,27(7)53-31)21-43-28-15-16-28/h22-35,37,42-43,45-46,48-50H,14-21H2,1-13H3/t22-,23-,24+,25-,26-,27+,29+,30?,31+,32-,33+,34-,35-,37+,38-,39-,40-,41+/m1/s1. The Morgan fingerprint density at radius 3 is 2.18 bits per heavy atom. The number of methoxy groups -OCH3 is 1. The highest BCUT2D eigenvalue weighted by Gasteiger charge is 2.59. The maximum atomic E-state index is 14.3. The topological polar surface area (TPSA) is 201 Å². The van der Waals surface area contributed by atoms with Gasteiger partial charge >= 0.3 is 5.97 Å². The Morgan fingerprint density at radius 1 is 0.964 bits per heavy atom. The minimum absolute atomic E-state index is 0.106. The summed E-state index contributed by atoms with van der Waals surface area (Å²) in [7, 11) is 5.32. The summed E-state index contributed by atoms with van der Waals surface area (Å²) < 4.78 is 38.4. The molecule has 56 heavy (non-hydrogen) atoms. The van der Waals surface area contributed by atoms with Crippen molar-refractivity contribution in [1.29, 1.82) is 0 Å². The normalized spacial score (nSPS) is 49.2. The number of aliphatic hydroxyl groups is 5. The van der Waals surface area contributed by atoms with Gasteiger partial charge in [0.15, 0.2) is 12.6 Å². The van der Waals surface area contributed by atoms with Gasteiger partial charge in [-0.15, -0.1) is 0 Å². The first-order valence-corrected chi connectivity index (χ1v) is 21.0. The molecule has 0 radical (unpaired) electrons. The number of carbonyl (C=O) groups is 1. The highest BCUT2D eigenvalue weighted by Crippen LogP contribution is 2.43. The summed E-state index contributed by atoms with van der Waals surface area (Å²) in [6.07, 6.45) is -5.43. The summed E-state index contributed by atoms with van der Waals surface area (Å²) in [5.74, 6) is -2.65. The number of rotatable bonds is 10. The van der Waals surface area contributed by atoms with E-state index in [0.29, 0.717) is 19.0 Å². The van der Waals surface area contributed by atoms with Crippen molar-refractivity contribution in [3.63, 3.8) is 0 Å². The third-order valence-electron chi connectivity index (χ3n) is 13.4. The predicted molar refractivity (Wildman–Crippen MR) is 210 cm³/mol. The molecule has 4 aliphatic rings. The van der Waals surface area contributed by atoms with Gasteiger partial charge < -0.3 is 69.5 Å². The molecule has 4 fully saturated rings. The third kappa shape index (κ3) is 10.4. The fourth-order valence-corrected chi connectivity index (χ4v) is 9.34. The maximum absolute atomic E-state index is 14.3. The molecule has 0 aromatic carbocycles. The van der Waals surface area contributed by atoms with Crippen molar-refractivity contribution in [2.75, 3.05) is 34.3 Å². The van der Waals surface area contributed by atoms with Crippen LogP contribution in [0.4, 0.5) is 0 Å². The number of aliphatic hydroxyl groups excluding tert-OH is 2. The van der Waals surface area contributed by atoms with Crippen LogP contribution in [-0.4, -0.2) is 167 Å². The van der Waals surface area contributed by atoms with Gasteiger partial charge in [0, 0.05) is 44.1 Å². The molecule has 4 rings (SSSR count). The van der Waals surface area contributed by atoms with Gasteiger partial charge in [-0.05, 0) is 107 Å². The van der Waals surface area contributed by atoms with E-state index in [1.807, 2.05) is 46.7 Å². The lowest BCUT2D eigenvalue weighted by atomic mass is 9.75. The Labute approximate surface area is 335 Å². The Bertz CT molecular complexity index is 1270. The first-order chi connectivity index (χ1) is 25.9. The summed E-state index contributed by atoms with van der Waals surface area (Å²) in [5, 5.41) is 66.0. The molecular weight excluding hydrogens is 726 g/mol. The molecule has 15 nitrogen and oxygen atoms in total. The number of nitrogens with one attached hydrogen (secondary N) is 2. The van der Waals surface area contributed by atoms with E-state index in [1.54, 1.807) is 41.7 Å². The number of ether oxygens (including phenoxy) is 6. The average molecular weight is 804 g/mol. The largest absolute Gasteiger partial charge is 0.459 e. The molecule has 1 aliphatic carbocycles. The Hall–Kier alpha value is -1.05. The van der Waals surface area contributed by atoms with Crippen molar-refractivity contribution in [3.05, 3.63) is 0 Å². The molecule has 0 bridgehead atoms. The van der Waals surface area contributed by atoms with E-state index in [2.05, 4.69) is 10.6 Å². The van der Waals surface area contributed by atoms with E-state index in [0.717, 1.165) is 12.8 Å². The van der Waals surface area contributed by atoms with Gasteiger partial charge in [0.25, 0.3) is 0 Å². The number of cyclic esters (lactones) is 1. The van der Waals surface area contributed by atoms with Gasteiger partial charge in [-0.2, -0.15) is 0 Å². The van der Waals surface area contributed by atoms with Crippen LogP contribution in [0.2, 0.25) is 0 Å². The number of likely N-dealkylation sites (N-methyl/N-ethyl adjacent to an activating group) is 1. The molecule has 15 heteroatoms. The van der Waals surface area contributed by atoms with E-state index >= 15 is 0 Å². The monoisotopic (exact) mass is 804 g/mol. The van der Waals surface area contributed by atoms with Gasteiger partial charge in [-0.25, -0.2) is 0 Å². The van der Waals surface area contributed by atoms with Crippen LogP contribution in [0, 0.1) is 17.8 Å². The Morgan fingerprint density at radius 2 is 1.61 bits per heavy atom. The summed E-state index contributed by atoms with van der Waals surface area (Å²) in [6.45, 7) is 18.3. The van der Waals surface area contributed by atoms with E-state index in [9.17, 15) is 30.3 Å². The molecule has 18 atom stereocenters. The van der Waals surface area contributed by atoms with E-state index in [1.165, 1.54) is 6.92 Å². The van der Waals surface area contributed by atoms with Crippen LogP contribution in [0.15, 0.2) is 0 Å². The van der Waals surface area contributed by atoms with Crippen LogP contribution >= 0.6 is 0 Å². The molecular formula is C41H77N3O12. The SMILES string of the molecule is CCC1OC(=O)[C@H](C)[C@@H](O[C@H]2C[C@@](C)(OC)[C@](O)(CNC3CC3)[C@H](C)O2)[C@H](C)[C@@H](O[C@@H]2O[C@H](C)C[C@H](N(C)C)[C@H]2O)[C@](C)(O)C[C@@H](C)CN[C@H](C)[C@@H](O)[C@]1(C)O. The number of hydrogen-bond acceptors (Lipinski definition) is 15. The second-order valence-corrected chi connectivity index (χ2v) is 18.7. The van der Waals surface area contributed by atoms with Gasteiger partial charge in [0.2, 0.25) is 0 Å². The molecule has 1 saturated carbocycles. The molecule has 0 aromatic rings. The van der Waals surface area contributed by atoms with Crippen molar-refractivity contribution >= 4 is 5.97 Å². The molecule has 0 amide bonds. The number of nitrogens with zero attached hydrogens (tertiary/aromatic N) is 1. The minimum Gasteiger partial charge on any atom is -0.459 e. The number of hydrogen-bond donors (Lipinski definition) is 7. The molecule has 328 valence electrons. The zero-order valence-electron chi connectivity index (χ0n) is 36.4. The molecule has 3 saturated heterocycles. The second-order valence-electron chi connectivity index (χ2n) is 18.7. The van der Waals surface area contributed by atoms with Gasteiger partial charge in [0.1, 0.15) is 35.1 Å². The van der Waals surface area contributed by atoms with Crippen LogP contribution in [0.1, 0.15) is 108 Å². The average Bonchev–Trinajstić information content (AvgIpc) is 3.96. The minimum atomic E-state index is -1.81. The van der Waals surface area contributed by atoms with Crippen molar-refractivity contribution in [3.8, 4) is 0 Å². The zero-order chi connectivity index (χ0) is 42.1. The van der Waals surface area contributed by atoms with Gasteiger partial charge in [0.05, 0.1) is 35.9 Å². The third-order valence-corrected chi connectivity index (χ3v) is 13.4. The maximum Gasteiger partial charge on any atom is 0.311 e.